The predicted molar refractivity (Wildman–Crippen MR) is 57.4 cm³/mol. The first-order chi connectivity index (χ1) is 7.10. The minimum absolute atomic E-state index is 0.351. The summed E-state index contributed by atoms with van der Waals surface area (Å²) in [7, 11) is 0. The minimum atomic E-state index is -0.994. The Morgan fingerprint density at radius 1 is 1.40 bits per heavy atom. The van der Waals surface area contributed by atoms with Crippen molar-refractivity contribution in [2.24, 2.45) is 0 Å². The third kappa shape index (κ3) is 3.18. The van der Waals surface area contributed by atoms with Crippen LogP contribution in [0.15, 0.2) is 0 Å². The first-order valence-corrected chi connectivity index (χ1v) is 5.94. The van der Waals surface area contributed by atoms with Crippen molar-refractivity contribution in [2.45, 2.75) is 70.6 Å². The predicted octanol–water partition coefficient (Wildman–Crippen LogP) is 3.39. The molecule has 0 spiro atoms. The second-order valence-corrected chi connectivity index (χ2v) is 4.48. The molecule has 88 valence electrons. The van der Waals surface area contributed by atoms with Gasteiger partial charge in [-0.3, -0.25) is 4.79 Å². The number of alkyl halides is 1. The molecule has 0 saturated heterocycles. The molecule has 0 amide bonds. The van der Waals surface area contributed by atoms with Gasteiger partial charge in [-0.2, -0.15) is 0 Å². The molecule has 15 heavy (non-hydrogen) atoms. The van der Waals surface area contributed by atoms with Crippen molar-refractivity contribution in [3.8, 4) is 0 Å². The van der Waals surface area contributed by atoms with E-state index in [0.717, 1.165) is 25.7 Å². The van der Waals surface area contributed by atoms with Crippen LogP contribution in [0.4, 0.5) is 4.39 Å². The molecule has 1 aliphatic rings. The molecule has 0 aromatic heterocycles. The van der Waals surface area contributed by atoms with Gasteiger partial charge in [-0.25, -0.2) is 4.39 Å². The molecular formula is C12H21FO2. The third-order valence-electron chi connectivity index (χ3n) is 3.16. The quantitative estimate of drug-likeness (QED) is 0.673. The molecule has 1 aliphatic carbocycles. The smallest absolute Gasteiger partial charge is 0.303 e. The summed E-state index contributed by atoms with van der Waals surface area (Å²) in [6.45, 7) is 3.33. The Hall–Kier alpha value is -0.600. The molecule has 1 atom stereocenters. The highest BCUT2D eigenvalue weighted by Gasteiger charge is 2.42. The van der Waals surface area contributed by atoms with Gasteiger partial charge in [-0.15, -0.1) is 0 Å². The molecule has 0 aromatic rings. The number of esters is 1. The van der Waals surface area contributed by atoms with E-state index in [2.05, 4.69) is 0 Å². The van der Waals surface area contributed by atoms with Gasteiger partial charge in [0, 0.05) is 6.92 Å². The van der Waals surface area contributed by atoms with Crippen molar-refractivity contribution in [1.29, 1.82) is 0 Å². The number of carbonyl (C=O) groups is 1. The highest BCUT2D eigenvalue weighted by atomic mass is 19.1. The summed E-state index contributed by atoms with van der Waals surface area (Å²) in [6, 6.07) is 0. The normalized spacial score (nSPS) is 22.1. The van der Waals surface area contributed by atoms with Crippen LogP contribution in [0.3, 0.4) is 0 Å². The Balaban J connectivity index is 2.69. The van der Waals surface area contributed by atoms with E-state index >= 15 is 0 Å². The monoisotopic (exact) mass is 216 g/mol. The van der Waals surface area contributed by atoms with E-state index in [1.54, 1.807) is 0 Å². The van der Waals surface area contributed by atoms with E-state index in [1.165, 1.54) is 6.92 Å². The van der Waals surface area contributed by atoms with Crippen LogP contribution >= 0.6 is 0 Å². The van der Waals surface area contributed by atoms with Crippen LogP contribution in [0.25, 0.3) is 0 Å². The molecule has 0 radical (unpaired) electrons. The second-order valence-electron chi connectivity index (χ2n) is 4.48. The zero-order chi connectivity index (χ0) is 11.3. The lowest BCUT2D eigenvalue weighted by Crippen LogP contribution is -2.45. The molecule has 1 rings (SSSR count). The lowest BCUT2D eigenvalue weighted by atomic mass is 9.80. The molecule has 0 heterocycles. The average Bonchev–Trinajstić information content (AvgIpc) is 2.18. The number of hydrogen-bond donors (Lipinski definition) is 0. The number of rotatable bonds is 4. The molecule has 0 aliphatic heterocycles. The van der Waals surface area contributed by atoms with Gasteiger partial charge in [-0.1, -0.05) is 19.8 Å². The van der Waals surface area contributed by atoms with Crippen LogP contribution in [0.1, 0.15) is 58.8 Å². The first-order valence-electron chi connectivity index (χ1n) is 5.94. The summed E-state index contributed by atoms with van der Waals surface area (Å²) in [4.78, 5) is 11.0. The summed E-state index contributed by atoms with van der Waals surface area (Å²) < 4.78 is 19.3. The fourth-order valence-corrected chi connectivity index (χ4v) is 2.43. The highest BCUT2D eigenvalue weighted by molar-refractivity contribution is 5.66. The van der Waals surface area contributed by atoms with Gasteiger partial charge in [0.2, 0.25) is 0 Å². The first kappa shape index (κ1) is 12.5. The van der Waals surface area contributed by atoms with Gasteiger partial charge in [0.05, 0.1) is 0 Å². The van der Waals surface area contributed by atoms with Crippen molar-refractivity contribution in [3.63, 3.8) is 0 Å². The maximum absolute atomic E-state index is 14.0. The van der Waals surface area contributed by atoms with Crippen LogP contribution in [0.5, 0.6) is 0 Å². The summed E-state index contributed by atoms with van der Waals surface area (Å²) in [6.07, 6.45) is 4.74. The van der Waals surface area contributed by atoms with E-state index in [4.69, 9.17) is 4.74 Å². The SMILES string of the molecule is CCCC(F)C1(OC(C)=O)CCCCC1. The summed E-state index contributed by atoms with van der Waals surface area (Å²) >= 11 is 0. The van der Waals surface area contributed by atoms with Crippen LogP contribution < -0.4 is 0 Å². The zero-order valence-corrected chi connectivity index (χ0v) is 9.72. The number of ether oxygens (including phenoxy) is 1. The van der Waals surface area contributed by atoms with E-state index in [-0.39, 0.29) is 5.97 Å². The average molecular weight is 216 g/mol. The van der Waals surface area contributed by atoms with E-state index < -0.39 is 11.8 Å². The molecule has 1 fully saturated rings. The van der Waals surface area contributed by atoms with Crippen LogP contribution in [0, 0.1) is 0 Å². The Morgan fingerprint density at radius 3 is 2.47 bits per heavy atom. The van der Waals surface area contributed by atoms with Gasteiger partial charge in [0.25, 0.3) is 0 Å². The second kappa shape index (κ2) is 5.47. The summed E-state index contributed by atoms with van der Waals surface area (Å²) in [5.74, 6) is -0.351. The summed E-state index contributed by atoms with van der Waals surface area (Å²) in [5, 5.41) is 0. The molecule has 0 aromatic carbocycles. The molecular weight excluding hydrogens is 195 g/mol. The third-order valence-corrected chi connectivity index (χ3v) is 3.16. The molecule has 1 unspecified atom stereocenters. The van der Waals surface area contributed by atoms with Crippen molar-refractivity contribution in [1.82, 2.24) is 0 Å². The fraction of sp³-hybridized carbons (Fsp3) is 0.917. The lowest BCUT2D eigenvalue weighted by Gasteiger charge is -2.38. The van der Waals surface area contributed by atoms with Gasteiger partial charge < -0.3 is 4.74 Å². The summed E-state index contributed by atoms with van der Waals surface area (Å²) in [5.41, 5.74) is -0.805. The van der Waals surface area contributed by atoms with Crippen LogP contribution in [-0.4, -0.2) is 17.7 Å². The van der Waals surface area contributed by atoms with E-state index in [0.29, 0.717) is 19.3 Å². The Labute approximate surface area is 91.2 Å². The maximum atomic E-state index is 14.0. The van der Waals surface area contributed by atoms with Crippen molar-refractivity contribution in [2.75, 3.05) is 0 Å². The van der Waals surface area contributed by atoms with Crippen LogP contribution in [-0.2, 0) is 9.53 Å². The Bertz CT molecular complexity index is 210. The van der Waals surface area contributed by atoms with Crippen LogP contribution in [0.2, 0.25) is 0 Å². The van der Waals surface area contributed by atoms with E-state index in [9.17, 15) is 9.18 Å². The topological polar surface area (TPSA) is 26.3 Å². The molecule has 0 bridgehead atoms. The van der Waals surface area contributed by atoms with Gasteiger partial charge in [0.15, 0.2) is 0 Å². The lowest BCUT2D eigenvalue weighted by molar-refractivity contribution is -0.170. The molecule has 2 nitrogen and oxygen atoms in total. The van der Waals surface area contributed by atoms with E-state index in [1.807, 2.05) is 6.92 Å². The number of carbonyl (C=O) groups excluding carboxylic acids is 1. The van der Waals surface area contributed by atoms with Gasteiger partial charge >= 0.3 is 5.97 Å². The highest BCUT2D eigenvalue weighted by Crippen LogP contribution is 2.37. The minimum Gasteiger partial charge on any atom is -0.456 e. The standard InChI is InChI=1S/C12H21FO2/c1-3-7-11(13)12(15-10(2)14)8-5-4-6-9-12/h11H,3-9H2,1-2H3. The Morgan fingerprint density at radius 2 is 2.00 bits per heavy atom. The van der Waals surface area contributed by atoms with Gasteiger partial charge in [0.1, 0.15) is 11.8 Å². The van der Waals surface area contributed by atoms with Crippen molar-refractivity contribution >= 4 is 5.97 Å². The zero-order valence-electron chi connectivity index (χ0n) is 9.72. The largest absolute Gasteiger partial charge is 0.456 e. The maximum Gasteiger partial charge on any atom is 0.303 e. The van der Waals surface area contributed by atoms with Crippen molar-refractivity contribution < 1.29 is 13.9 Å². The number of hydrogen-bond acceptors (Lipinski definition) is 2. The number of halogens is 1. The fourth-order valence-electron chi connectivity index (χ4n) is 2.43. The Kier molecular flexibility index (Phi) is 4.55. The molecule has 1 saturated carbocycles. The van der Waals surface area contributed by atoms with Crippen molar-refractivity contribution in [3.05, 3.63) is 0 Å². The molecule has 0 N–H and O–H groups in total. The van der Waals surface area contributed by atoms with Gasteiger partial charge in [-0.05, 0) is 32.1 Å². The molecule has 3 heteroatoms.